The third-order valence-corrected chi connectivity index (χ3v) is 6.60. The van der Waals surface area contributed by atoms with Gasteiger partial charge in [0.05, 0.1) is 28.3 Å². The van der Waals surface area contributed by atoms with Crippen LogP contribution >= 0.6 is 11.6 Å². The molecule has 2 aromatic rings. The van der Waals surface area contributed by atoms with Gasteiger partial charge in [0.25, 0.3) is 0 Å². The van der Waals surface area contributed by atoms with E-state index in [2.05, 4.69) is 5.10 Å². The summed E-state index contributed by atoms with van der Waals surface area (Å²) in [7, 11) is -3.01. The van der Waals surface area contributed by atoms with E-state index < -0.39 is 15.7 Å². The van der Waals surface area contributed by atoms with Crippen LogP contribution in [0.5, 0.6) is 0 Å². The molecule has 0 aliphatic carbocycles. The molecule has 1 aliphatic heterocycles. The molecule has 1 saturated heterocycles. The normalized spacial score (nSPS) is 19.3. The Hall–Kier alpha value is -1.99. The van der Waals surface area contributed by atoms with Crippen molar-refractivity contribution in [3.63, 3.8) is 0 Å². The molecule has 8 heteroatoms. The second-order valence-electron chi connectivity index (χ2n) is 6.41. The van der Waals surface area contributed by atoms with Crippen molar-refractivity contribution in [2.75, 3.05) is 11.5 Å². The number of hydrogen-bond acceptors (Lipinski definition) is 4. The largest absolute Gasteiger partial charge is 0.289 e. The average Bonchev–Trinajstić information content (AvgIpc) is 3.04. The Balaban J connectivity index is 1.86. The first-order valence-corrected chi connectivity index (χ1v) is 10.3. The second-order valence-corrected chi connectivity index (χ2v) is 9.04. The van der Waals surface area contributed by atoms with Gasteiger partial charge in [-0.15, -0.1) is 0 Å². The molecule has 1 atom stereocenters. The predicted molar refractivity (Wildman–Crippen MR) is 98.8 cm³/mol. The summed E-state index contributed by atoms with van der Waals surface area (Å²) < 4.78 is 38.2. The highest BCUT2D eigenvalue weighted by Gasteiger charge is 2.31. The van der Waals surface area contributed by atoms with Gasteiger partial charge in [-0.05, 0) is 50.6 Å². The Bertz CT molecular complexity index is 1010. The first-order chi connectivity index (χ1) is 12.2. The maximum Gasteiger partial charge on any atom is 0.187 e. The van der Waals surface area contributed by atoms with Crippen molar-refractivity contribution in [3.05, 3.63) is 57.6 Å². The average molecular weight is 397 g/mol. The zero-order chi connectivity index (χ0) is 19.1. The molecule has 0 spiro atoms. The van der Waals surface area contributed by atoms with Crippen LogP contribution in [0.1, 0.15) is 39.8 Å². The van der Waals surface area contributed by atoms with E-state index in [0.29, 0.717) is 12.1 Å². The lowest BCUT2D eigenvalue weighted by molar-refractivity contribution is 0.104. The topological polar surface area (TPSA) is 69.0 Å². The zero-order valence-electron chi connectivity index (χ0n) is 14.4. The summed E-state index contributed by atoms with van der Waals surface area (Å²) in [4.78, 5) is 12.3. The number of halogens is 2. The number of rotatable bonds is 4. The van der Waals surface area contributed by atoms with Crippen LogP contribution in [0.2, 0.25) is 5.02 Å². The molecule has 26 heavy (non-hydrogen) atoms. The highest BCUT2D eigenvalue weighted by Crippen LogP contribution is 2.27. The number of carbonyl (C=O) groups excluding carboxylic acids is 1. The summed E-state index contributed by atoms with van der Waals surface area (Å²) >= 11 is 5.92. The Kier molecular flexibility index (Phi) is 5.03. The fraction of sp³-hybridized carbons (Fsp3) is 0.333. The van der Waals surface area contributed by atoms with Gasteiger partial charge in [-0.2, -0.15) is 5.10 Å². The van der Waals surface area contributed by atoms with Gasteiger partial charge in [-0.3, -0.25) is 9.48 Å². The van der Waals surface area contributed by atoms with Crippen molar-refractivity contribution >= 4 is 33.3 Å². The van der Waals surface area contributed by atoms with E-state index in [0.717, 1.165) is 17.3 Å². The van der Waals surface area contributed by atoms with Gasteiger partial charge in [-0.25, -0.2) is 12.8 Å². The van der Waals surface area contributed by atoms with E-state index in [1.807, 2.05) is 13.8 Å². The summed E-state index contributed by atoms with van der Waals surface area (Å²) in [5.74, 6) is -0.592. The fourth-order valence-corrected chi connectivity index (χ4v) is 5.13. The molecule has 1 aromatic carbocycles. The van der Waals surface area contributed by atoms with Crippen molar-refractivity contribution in [3.8, 4) is 0 Å². The smallest absolute Gasteiger partial charge is 0.187 e. The molecule has 3 rings (SSSR count). The van der Waals surface area contributed by atoms with Crippen LogP contribution in [-0.2, 0) is 9.84 Å². The minimum absolute atomic E-state index is 0.0555. The predicted octanol–water partition coefficient (Wildman–Crippen LogP) is 3.55. The maximum absolute atomic E-state index is 13.1. The summed E-state index contributed by atoms with van der Waals surface area (Å²) in [6.07, 6.45) is 3.54. The van der Waals surface area contributed by atoms with Crippen molar-refractivity contribution in [2.24, 2.45) is 0 Å². The first-order valence-electron chi connectivity index (χ1n) is 8.11. The fourth-order valence-electron chi connectivity index (χ4n) is 3.18. The van der Waals surface area contributed by atoms with Gasteiger partial charge in [0.1, 0.15) is 5.82 Å². The lowest BCUT2D eigenvalue weighted by Gasteiger charge is -2.10. The molecule has 0 saturated carbocycles. The maximum atomic E-state index is 13.1. The van der Waals surface area contributed by atoms with E-state index in [1.54, 1.807) is 10.8 Å². The first kappa shape index (κ1) is 18.8. The molecule has 5 nitrogen and oxygen atoms in total. The van der Waals surface area contributed by atoms with E-state index in [4.69, 9.17) is 11.6 Å². The van der Waals surface area contributed by atoms with Crippen LogP contribution in [0.25, 0.3) is 6.08 Å². The van der Waals surface area contributed by atoms with Crippen LogP contribution < -0.4 is 0 Å². The number of aromatic nitrogens is 2. The standard InChI is InChI=1S/C18H18ClFN2O3S/c1-11-15(5-6-18(23)16-4-3-13(20)9-17(16)19)12(2)22(21-11)14-7-8-26(24,25)10-14/h3-6,9,14H,7-8,10H2,1-2H3/b6-5+/t14-/m1/s1. The highest BCUT2D eigenvalue weighted by molar-refractivity contribution is 7.91. The third kappa shape index (κ3) is 3.73. The number of nitrogens with zero attached hydrogens (tertiary/aromatic N) is 2. The zero-order valence-corrected chi connectivity index (χ0v) is 15.9. The third-order valence-electron chi connectivity index (χ3n) is 4.53. The Labute approximate surface area is 156 Å². The van der Waals surface area contributed by atoms with Crippen LogP contribution in [-0.4, -0.2) is 35.5 Å². The molecule has 1 aliphatic rings. The molecule has 1 fully saturated rings. The summed E-state index contributed by atoms with van der Waals surface area (Å²) in [6, 6.07) is 3.44. The number of sulfone groups is 1. The second kappa shape index (κ2) is 6.96. The Morgan fingerprint density at radius 3 is 2.73 bits per heavy atom. The van der Waals surface area contributed by atoms with Gasteiger partial charge in [-0.1, -0.05) is 11.6 Å². The minimum Gasteiger partial charge on any atom is -0.289 e. The molecular weight excluding hydrogens is 379 g/mol. The monoisotopic (exact) mass is 396 g/mol. The molecule has 0 unspecified atom stereocenters. The summed E-state index contributed by atoms with van der Waals surface area (Å²) in [6.45, 7) is 3.65. The van der Waals surface area contributed by atoms with Gasteiger partial charge < -0.3 is 0 Å². The molecular formula is C18H18ClFN2O3S. The SMILES string of the molecule is Cc1nn([C@@H]2CCS(=O)(=O)C2)c(C)c1/C=C/C(=O)c1ccc(F)cc1Cl. The van der Waals surface area contributed by atoms with E-state index in [1.165, 1.54) is 18.2 Å². The van der Waals surface area contributed by atoms with Crippen molar-refractivity contribution in [1.82, 2.24) is 9.78 Å². The number of ketones is 1. The molecule has 1 aromatic heterocycles. The van der Waals surface area contributed by atoms with Crippen molar-refractivity contribution < 1.29 is 17.6 Å². The van der Waals surface area contributed by atoms with Crippen LogP contribution in [0, 0.1) is 19.7 Å². The highest BCUT2D eigenvalue weighted by atomic mass is 35.5. The van der Waals surface area contributed by atoms with Crippen molar-refractivity contribution in [1.29, 1.82) is 0 Å². The molecule has 0 radical (unpaired) electrons. The minimum atomic E-state index is -3.01. The molecule has 0 N–H and O–H groups in total. The van der Waals surface area contributed by atoms with Crippen LogP contribution in [0.3, 0.4) is 0 Å². The van der Waals surface area contributed by atoms with E-state index in [-0.39, 0.29) is 33.9 Å². The Morgan fingerprint density at radius 2 is 2.12 bits per heavy atom. The molecule has 138 valence electrons. The van der Waals surface area contributed by atoms with E-state index >= 15 is 0 Å². The van der Waals surface area contributed by atoms with Gasteiger partial charge in [0, 0.05) is 16.8 Å². The van der Waals surface area contributed by atoms with Crippen molar-refractivity contribution in [2.45, 2.75) is 26.3 Å². The van der Waals surface area contributed by atoms with E-state index in [9.17, 15) is 17.6 Å². The van der Waals surface area contributed by atoms with Gasteiger partial charge in [0.15, 0.2) is 15.6 Å². The number of allylic oxidation sites excluding steroid dienone is 1. The summed E-state index contributed by atoms with van der Waals surface area (Å²) in [5, 5.41) is 4.51. The molecule has 0 bridgehead atoms. The number of hydrogen-bond donors (Lipinski definition) is 0. The van der Waals surface area contributed by atoms with Crippen LogP contribution in [0.4, 0.5) is 4.39 Å². The quantitative estimate of drug-likeness (QED) is 0.585. The lowest BCUT2D eigenvalue weighted by Crippen LogP contribution is -2.13. The van der Waals surface area contributed by atoms with Gasteiger partial charge >= 0.3 is 0 Å². The number of benzene rings is 1. The Morgan fingerprint density at radius 1 is 1.38 bits per heavy atom. The number of aryl methyl sites for hydroxylation is 1. The number of carbonyl (C=O) groups is 1. The molecule has 2 heterocycles. The van der Waals surface area contributed by atoms with Gasteiger partial charge in [0.2, 0.25) is 0 Å². The van der Waals surface area contributed by atoms with Crippen LogP contribution in [0.15, 0.2) is 24.3 Å². The molecule has 0 amide bonds. The summed E-state index contributed by atoms with van der Waals surface area (Å²) in [5.41, 5.74) is 2.50. The lowest BCUT2D eigenvalue weighted by atomic mass is 10.1.